The number of carbonyl (C=O) groups excluding carboxylic acids is 2. The minimum absolute atomic E-state index is 0.0198. The van der Waals surface area contributed by atoms with Crippen molar-refractivity contribution in [2.45, 2.75) is 25.7 Å². The maximum Gasteiger partial charge on any atom is 0.255 e. The molecule has 2 N–H and O–H groups in total. The van der Waals surface area contributed by atoms with Crippen molar-refractivity contribution in [2.75, 3.05) is 10.6 Å². The number of rotatable bonds is 5. The van der Waals surface area contributed by atoms with Gasteiger partial charge < -0.3 is 10.6 Å². The average Bonchev–Trinajstić information content (AvgIpc) is 3.46. The van der Waals surface area contributed by atoms with E-state index >= 15 is 0 Å². The summed E-state index contributed by atoms with van der Waals surface area (Å²) in [6, 6.07) is 15.7. The molecule has 2 atom stereocenters. The lowest BCUT2D eigenvalue weighted by Gasteiger charge is -2.19. The molecule has 0 bridgehead atoms. The van der Waals surface area contributed by atoms with Gasteiger partial charge in [0, 0.05) is 29.0 Å². The Morgan fingerprint density at radius 1 is 0.941 bits per heavy atom. The largest absolute Gasteiger partial charge is 0.326 e. The zero-order valence-corrected chi connectivity index (χ0v) is 19.0. The van der Waals surface area contributed by atoms with Crippen LogP contribution < -0.4 is 16.2 Å². The monoisotopic (exact) mass is 479 g/mol. The van der Waals surface area contributed by atoms with Gasteiger partial charge >= 0.3 is 0 Å². The van der Waals surface area contributed by atoms with E-state index in [9.17, 15) is 18.8 Å². The molecule has 2 aliphatic rings. The van der Waals surface area contributed by atoms with E-state index in [-0.39, 0.29) is 28.5 Å². The minimum Gasteiger partial charge on any atom is -0.326 e. The summed E-state index contributed by atoms with van der Waals surface area (Å²) in [6.07, 6.45) is 4.79. The highest BCUT2D eigenvalue weighted by Gasteiger charge is 2.56. The van der Waals surface area contributed by atoms with E-state index in [1.807, 2.05) is 0 Å². The molecule has 2 aliphatic carbocycles. The highest BCUT2D eigenvalue weighted by molar-refractivity contribution is 6.30. The Bertz CT molecular complexity index is 1320. The molecule has 34 heavy (non-hydrogen) atoms. The van der Waals surface area contributed by atoms with Crippen LogP contribution in [0.25, 0.3) is 5.69 Å². The van der Waals surface area contributed by atoms with Crippen molar-refractivity contribution in [1.29, 1.82) is 0 Å². The Morgan fingerprint density at radius 2 is 1.62 bits per heavy atom. The van der Waals surface area contributed by atoms with Gasteiger partial charge in [-0.25, -0.2) is 4.39 Å². The van der Waals surface area contributed by atoms with Gasteiger partial charge in [0.25, 0.3) is 5.56 Å². The molecule has 2 saturated carbocycles. The van der Waals surface area contributed by atoms with Crippen LogP contribution in [-0.2, 0) is 9.59 Å². The maximum absolute atomic E-state index is 14.8. The number of halogens is 2. The second-order valence-corrected chi connectivity index (χ2v) is 9.62. The van der Waals surface area contributed by atoms with Crippen molar-refractivity contribution in [1.82, 2.24) is 4.57 Å². The van der Waals surface area contributed by atoms with E-state index in [1.165, 1.54) is 22.8 Å². The van der Waals surface area contributed by atoms with E-state index < -0.39 is 17.7 Å². The predicted molar refractivity (Wildman–Crippen MR) is 129 cm³/mol. The van der Waals surface area contributed by atoms with Crippen LogP contribution in [0.5, 0.6) is 0 Å². The first kappa shape index (κ1) is 22.3. The number of benzene rings is 2. The Balaban J connectivity index is 1.32. The number of anilines is 2. The molecule has 1 aromatic heterocycles. The van der Waals surface area contributed by atoms with Gasteiger partial charge in [-0.1, -0.05) is 17.7 Å². The fourth-order valence-corrected chi connectivity index (χ4v) is 4.95. The molecular weight excluding hydrogens is 457 g/mol. The molecule has 0 saturated heterocycles. The molecule has 8 heteroatoms. The van der Waals surface area contributed by atoms with E-state index in [2.05, 4.69) is 10.6 Å². The molecule has 0 unspecified atom stereocenters. The third-order valence-electron chi connectivity index (χ3n) is 6.85. The first-order valence-electron chi connectivity index (χ1n) is 11.2. The summed E-state index contributed by atoms with van der Waals surface area (Å²) in [5.74, 6) is -2.29. The summed E-state index contributed by atoms with van der Waals surface area (Å²) in [4.78, 5) is 38.2. The summed E-state index contributed by atoms with van der Waals surface area (Å²) in [6.45, 7) is 0. The van der Waals surface area contributed by atoms with Crippen molar-refractivity contribution >= 4 is 34.8 Å². The predicted octanol–water partition coefficient (Wildman–Crippen LogP) is 5.01. The van der Waals surface area contributed by atoms with Gasteiger partial charge in [0.05, 0.1) is 23.2 Å². The Morgan fingerprint density at radius 3 is 2.24 bits per heavy atom. The minimum atomic E-state index is -0.650. The Hall–Kier alpha value is -3.45. The number of nitrogens with zero attached hydrogens (tertiary/aromatic N) is 1. The van der Waals surface area contributed by atoms with Crippen LogP contribution in [0.15, 0.2) is 71.7 Å². The number of nitrogens with one attached hydrogen (secondary N) is 2. The van der Waals surface area contributed by atoms with Gasteiger partial charge in [-0.2, -0.15) is 0 Å². The van der Waals surface area contributed by atoms with E-state index in [0.717, 1.165) is 12.8 Å². The van der Waals surface area contributed by atoms with Crippen molar-refractivity contribution in [3.63, 3.8) is 0 Å². The molecule has 3 aromatic rings. The van der Waals surface area contributed by atoms with Gasteiger partial charge in [0.1, 0.15) is 5.82 Å². The van der Waals surface area contributed by atoms with Crippen LogP contribution in [0.2, 0.25) is 5.02 Å². The lowest BCUT2D eigenvalue weighted by molar-refractivity contribution is -0.128. The number of carbonyl (C=O) groups is 2. The lowest BCUT2D eigenvalue weighted by Crippen LogP contribution is -2.33. The molecule has 0 radical (unpaired) electrons. The summed E-state index contributed by atoms with van der Waals surface area (Å²) < 4.78 is 16.2. The van der Waals surface area contributed by atoms with Crippen molar-refractivity contribution in [2.24, 2.45) is 17.3 Å². The average molecular weight is 480 g/mol. The summed E-state index contributed by atoms with van der Waals surface area (Å²) in [5, 5.41) is 6.12. The molecule has 1 heterocycles. The van der Waals surface area contributed by atoms with Crippen LogP contribution in [-0.4, -0.2) is 16.4 Å². The lowest BCUT2D eigenvalue weighted by atomic mass is 9.94. The fraction of sp³-hybridized carbons (Fsp3) is 0.269. The summed E-state index contributed by atoms with van der Waals surface area (Å²) in [7, 11) is 0. The Labute approximate surface area is 200 Å². The third kappa shape index (κ3) is 4.48. The van der Waals surface area contributed by atoms with E-state index in [1.54, 1.807) is 48.7 Å². The highest BCUT2D eigenvalue weighted by Crippen LogP contribution is 2.61. The fourth-order valence-electron chi connectivity index (χ4n) is 4.83. The van der Waals surface area contributed by atoms with Gasteiger partial charge in [0.2, 0.25) is 11.8 Å². The SMILES string of the molecule is O=C(Nc1ccc(Cl)cc1)[C@H]1CC2(CC2)C[C@@H]1C(=O)Nc1ccc(-n2ccccc2=O)cc1F. The van der Waals surface area contributed by atoms with Crippen molar-refractivity contribution in [3.8, 4) is 5.69 Å². The van der Waals surface area contributed by atoms with Gasteiger partial charge in [0.15, 0.2) is 0 Å². The molecule has 6 nitrogen and oxygen atoms in total. The molecule has 1 spiro atoms. The van der Waals surface area contributed by atoms with Crippen molar-refractivity contribution < 1.29 is 14.0 Å². The van der Waals surface area contributed by atoms with Crippen LogP contribution in [0.4, 0.5) is 15.8 Å². The molecular formula is C26H23ClFN3O3. The zero-order chi connectivity index (χ0) is 23.9. The standard InChI is InChI=1S/C26H23ClFN3O3/c27-16-4-6-17(7-5-16)29-24(33)19-14-26(10-11-26)15-20(19)25(34)30-22-9-8-18(13-21(22)28)31-12-2-1-3-23(31)32/h1-9,12-13,19-20H,10-11,14-15H2,(H,29,33)(H,30,34)/t19-,20-/m0/s1. The Kier molecular flexibility index (Phi) is 5.73. The first-order chi connectivity index (χ1) is 16.3. The molecule has 5 rings (SSSR count). The first-order valence-corrected chi connectivity index (χ1v) is 11.6. The normalized spacial score (nSPS) is 20.2. The highest BCUT2D eigenvalue weighted by atomic mass is 35.5. The van der Waals surface area contributed by atoms with Crippen LogP contribution in [0.1, 0.15) is 25.7 Å². The van der Waals surface area contributed by atoms with Gasteiger partial charge in [-0.05, 0) is 73.6 Å². The summed E-state index contributed by atoms with van der Waals surface area (Å²) >= 11 is 5.91. The number of pyridine rings is 1. The van der Waals surface area contributed by atoms with E-state index in [0.29, 0.717) is 29.2 Å². The maximum atomic E-state index is 14.8. The second-order valence-electron chi connectivity index (χ2n) is 9.18. The van der Waals surface area contributed by atoms with Crippen LogP contribution >= 0.6 is 11.6 Å². The van der Waals surface area contributed by atoms with Crippen molar-refractivity contribution in [3.05, 3.63) is 88.1 Å². The smallest absolute Gasteiger partial charge is 0.255 e. The van der Waals surface area contributed by atoms with Gasteiger partial charge in [-0.15, -0.1) is 0 Å². The van der Waals surface area contributed by atoms with Crippen LogP contribution in [0.3, 0.4) is 0 Å². The number of hydrogen-bond donors (Lipinski definition) is 2. The molecule has 2 fully saturated rings. The van der Waals surface area contributed by atoms with Crippen LogP contribution in [0, 0.1) is 23.1 Å². The van der Waals surface area contributed by atoms with E-state index in [4.69, 9.17) is 11.6 Å². The number of aromatic nitrogens is 1. The quantitative estimate of drug-likeness (QED) is 0.539. The summed E-state index contributed by atoms with van der Waals surface area (Å²) in [5.41, 5.74) is 0.739. The molecule has 2 amide bonds. The second kappa shape index (κ2) is 8.72. The molecule has 0 aliphatic heterocycles. The number of hydrogen-bond acceptors (Lipinski definition) is 3. The number of amides is 2. The zero-order valence-electron chi connectivity index (χ0n) is 18.3. The van der Waals surface area contributed by atoms with Gasteiger partial charge in [-0.3, -0.25) is 19.0 Å². The molecule has 2 aromatic carbocycles. The third-order valence-corrected chi connectivity index (χ3v) is 7.10. The molecule has 174 valence electrons. The topological polar surface area (TPSA) is 80.2 Å².